The number of anilines is 2. The first-order valence-corrected chi connectivity index (χ1v) is 11.3. The molecule has 0 saturated heterocycles. The molecule has 0 unspecified atom stereocenters. The molecule has 0 atom stereocenters. The summed E-state index contributed by atoms with van der Waals surface area (Å²) in [7, 11) is 0. The summed E-state index contributed by atoms with van der Waals surface area (Å²) in [6.45, 7) is 0. The summed E-state index contributed by atoms with van der Waals surface area (Å²) in [5, 5.41) is 0. The first kappa shape index (κ1) is 22.0. The molecule has 0 radical (unpaired) electrons. The molecule has 4 heteroatoms. The van der Waals surface area contributed by atoms with Crippen LogP contribution in [-0.4, -0.2) is 5.78 Å². The van der Waals surface area contributed by atoms with Crippen molar-refractivity contribution in [2.45, 2.75) is 0 Å². The van der Waals surface area contributed by atoms with Crippen LogP contribution >= 0.6 is 0 Å². The topological polar surface area (TPSA) is 78.3 Å². The van der Waals surface area contributed by atoms with Gasteiger partial charge in [0.15, 0.2) is 5.78 Å². The highest BCUT2D eigenvalue weighted by molar-refractivity contribution is 6.19. The van der Waals surface area contributed by atoms with E-state index in [2.05, 4.69) is 0 Å². The number of carbonyl (C=O) groups is 1. The number of hydrogen-bond donors (Lipinski definition) is 2. The fourth-order valence-corrected chi connectivity index (χ4v) is 4.22. The molecule has 5 rings (SSSR count). The Balaban J connectivity index is 1.89. The highest BCUT2D eigenvalue weighted by Gasteiger charge is 2.29. The van der Waals surface area contributed by atoms with Crippen LogP contribution in [0.5, 0.6) is 11.5 Å². The molecule has 0 spiro atoms. The zero-order chi connectivity index (χ0) is 24.2. The molecule has 5 aromatic rings. The Bertz CT molecular complexity index is 1470. The fourth-order valence-electron chi connectivity index (χ4n) is 4.22. The van der Waals surface area contributed by atoms with Crippen LogP contribution in [0.1, 0.15) is 15.9 Å². The Kier molecular flexibility index (Phi) is 6.01. The summed E-state index contributed by atoms with van der Waals surface area (Å²) >= 11 is 0. The lowest BCUT2D eigenvalue weighted by atomic mass is 9.86. The van der Waals surface area contributed by atoms with Crippen LogP contribution < -0.4 is 16.2 Å². The van der Waals surface area contributed by atoms with Crippen molar-refractivity contribution in [1.82, 2.24) is 0 Å². The lowest BCUT2D eigenvalue weighted by molar-refractivity contribution is 0.103. The third-order valence-corrected chi connectivity index (χ3v) is 5.88. The van der Waals surface area contributed by atoms with Crippen LogP contribution in [0.25, 0.3) is 22.3 Å². The minimum atomic E-state index is -0.252. The van der Waals surface area contributed by atoms with E-state index in [9.17, 15) is 4.79 Å². The molecular formula is C31H24N2O2. The fraction of sp³-hybridized carbons (Fsp3) is 0. The first-order chi connectivity index (χ1) is 17.1. The summed E-state index contributed by atoms with van der Waals surface area (Å²) < 4.78 is 6.48. The van der Waals surface area contributed by atoms with Gasteiger partial charge in [0.05, 0.1) is 16.9 Å². The molecule has 0 amide bonds. The van der Waals surface area contributed by atoms with Crippen molar-refractivity contribution < 1.29 is 9.53 Å². The quantitative estimate of drug-likeness (QED) is 0.209. The Labute approximate surface area is 204 Å². The highest BCUT2D eigenvalue weighted by atomic mass is 16.5. The summed E-state index contributed by atoms with van der Waals surface area (Å²) in [5.41, 5.74) is 17.8. The molecule has 35 heavy (non-hydrogen) atoms. The number of ether oxygens (including phenoxy) is 1. The first-order valence-electron chi connectivity index (χ1n) is 11.3. The maximum atomic E-state index is 13.8. The maximum absolute atomic E-state index is 13.8. The molecule has 0 aromatic heterocycles. The van der Waals surface area contributed by atoms with E-state index in [0.29, 0.717) is 28.3 Å². The van der Waals surface area contributed by atoms with E-state index >= 15 is 0 Å². The van der Waals surface area contributed by atoms with E-state index in [-0.39, 0.29) is 17.0 Å². The standard InChI is InChI=1S/C31H24N2O2/c32-28-25(21-13-5-1-6-14-21)26(22-15-7-2-8-16-22)31(35-24-19-11-4-12-20-24)27(29(28)33)30(34)23-17-9-3-10-18-23/h1-20H,32-33H2. The van der Waals surface area contributed by atoms with Crippen LogP contribution in [-0.2, 0) is 0 Å². The van der Waals surface area contributed by atoms with E-state index in [4.69, 9.17) is 16.2 Å². The third-order valence-electron chi connectivity index (χ3n) is 5.88. The summed E-state index contributed by atoms with van der Waals surface area (Å²) in [5.74, 6) is 0.717. The average Bonchev–Trinajstić information content (AvgIpc) is 2.92. The summed E-state index contributed by atoms with van der Waals surface area (Å²) in [6.07, 6.45) is 0. The number of para-hydroxylation sites is 1. The molecule has 0 bridgehead atoms. The van der Waals surface area contributed by atoms with E-state index in [1.54, 1.807) is 12.1 Å². The number of rotatable bonds is 6. The van der Waals surface area contributed by atoms with Gasteiger partial charge in [0.2, 0.25) is 0 Å². The maximum Gasteiger partial charge on any atom is 0.198 e. The molecule has 0 aliphatic heterocycles. The lowest BCUT2D eigenvalue weighted by Gasteiger charge is -2.23. The second-order valence-corrected chi connectivity index (χ2v) is 8.12. The van der Waals surface area contributed by atoms with Crippen molar-refractivity contribution in [1.29, 1.82) is 0 Å². The molecule has 0 fully saturated rings. The van der Waals surface area contributed by atoms with Crippen molar-refractivity contribution in [3.8, 4) is 33.8 Å². The van der Waals surface area contributed by atoms with Gasteiger partial charge in [-0.15, -0.1) is 0 Å². The van der Waals surface area contributed by atoms with E-state index in [1.807, 2.05) is 109 Å². The van der Waals surface area contributed by atoms with Gasteiger partial charge in [0.25, 0.3) is 0 Å². The van der Waals surface area contributed by atoms with Gasteiger partial charge in [0.1, 0.15) is 11.5 Å². The molecule has 170 valence electrons. The molecule has 5 aromatic carbocycles. The summed E-state index contributed by atoms with van der Waals surface area (Å²) in [4.78, 5) is 13.8. The predicted octanol–water partition coefficient (Wildman–Crippen LogP) is 7.21. The Morgan fingerprint density at radius 3 is 1.54 bits per heavy atom. The van der Waals surface area contributed by atoms with Gasteiger partial charge in [-0.2, -0.15) is 0 Å². The molecule has 0 heterocycles. The van der Waals surface area contributed by atoms with Crippen molar-refractivity contribution >= 4 is 17.2 Å². The van der Waals surface area contributed by atoms with E-state index in [1.165, 1.54) is 0 Å². The highest BCUT2D eigenvalue weighted by Crippen LogP contribution is 2.50. The Morgan fingerprint density at radius 1 is 0.543 bits per heavy atom. The third kappa shape index (κ3) is 4.25. The van der Waals surface area contributed by atoms with Gasteiger partial charge >= 0.3 is 0 Å². The molecule has 4 N–H and O–H groups in total. The smallest absolute Gasteiger partial charge is 0.198 e. The van der Waals surface area contributed by atoms with Crippen molar-refractivity contribution in [3.63, 3.8) is 0 Å². The predicted molar refractivity (Wildman–Crippen MR) is 143 cm³/mol. The van der Waals surface area contributed by atoms with E-state index in [0.717, 1.165) is 16.7 Å². The number of ketones is 1. The monoisotopic (exact) mass is 456 g/mol. The molecule has 0 aliphatic carbocycles. The second kappa shape index (κ2) is 9.57. The SMILES string of the molecule is Nc1c(N)c(-c2ccccc2)c(-c2ccccc2)c(Oc2ccccc2)c1C(=O)c1ccccc1. The Hall–Kier alpha value is -4.83. The van der Waals surface area contributed by atoms with Gasteiger partial charge in [-0.1, -0.05) is 109 Å². The zero-order valence-electron chi connectivity index (χ0n) is 19.0. The van der Waals surface area contributed by atoms with Crippen molar-refractivity contribution in [3.05, 3.63) is 132 Å². The zero-order valence-corrected chi connectivity index (χ0v) is 19.0. The van der Waals surface area contributed by atoms with Gasteiger partial charge in [0, 0.05) is 16.7 Å². The number of nitrogen functional groups attached to an aromatic ring is 2. The van der Waals surface area contributed by atoms with Crippen LogP contribution in [0, 0.1) is 0 Å². The number of carbonyl (C=O) groups excluding carboxylic acids is 1. The van der Waals surface area contributed by atoms with Crippen LogP contribution in [0.3, 0.4) is 0 Å². The molecule has 0 aliphatic rings. The van der Waals surface area contributed by atoms with Gasteiger partial charge in [-0.05, 0) is 23.3 Å². The van der Waals surface area contributed by atoms with Crippen LogP contribution in [0.4, 0.5) is 11.4 Å². The average molecular weight is 457 g/mol. The second-order valence-electron chi connectivity index (χ2n) is 8.12. The molecule has 4 nitrogen and oxygen atoms in total. The molecule has 0 saturated carbocycles. The normalized spacial score (nSPS) is 10.6. The number of hydrogen-bond acceptors (Lipinski definition) is 4. The summed E-state index contributed by atoms with van der Waals surface area (Å²) in [6, 6.07) is 38.0. The lowest BCUT2D eigenvalue weighted by Crippen LogP contribution is -2.12. The molecular weight excluding hydrogens is 432 g/mol. The Morgan fingerprint density at radius 2 is 1.00 bits per heavy atom. The number of benzene rings is 5. The van der Waals surface area contributed by atoms with Gasteiger partial charge in [-0.25, -0.2) is 0 Å². The van der Waals surface area contributed by atoms with Gasteiger partial charge < -0.3 is 16.2 Å². The van der Waals surface area contributed by atoms with Crippen LogP contribution in [0.2, 0.25) is 0 Å². The largest absolute Gasteiger partial charge is 0.456 e. The minimum absolute atomic E-state index is 0.198. The van der Waals surface area contributed by atoms with Crippen LogP contribution in [0.15, 0.2) is 121 Å². The van der Waals surface area contributed by atoms with E-state index < -0.39 is 0 Å². The minimum Gasteiger partial charge on any atom is -0.456 e. The van der Waals surface area contributed by atoms with Crippen molar-refractivity contribution in [2.75, 3.05) is 11.5 Å². The number of nitrogens with two attached hydrogens (primary N) is 2. The van der Waals surface area contributed by atoms with Gasteiger partial charge in [-0.3, -0.25) is 4.79 Å². The van der Waals surface area contributed by atoms with Crippen molar-refractivity contribution in [2.24, 2.45) is 0 Å².